The van der Waals surface area contributed by atoms with Crippen LogP contribution in [0.25, 0.3) is 0 Å². The van der Waals surface area contributed by atoms with Crippen LogP contribution in [0.4, 0.5) is 10.1 Å². The van der Waals surface area contributed by atoms with Crippen LogP contribution < -0.4 is 9.64 Å². The number of ether oxygens (including phenoxy) is 4. The van der Waals surface area contributed by atoms with E-state index in [4.69, 9.17) is 32.2 Å². The molecule has 1 aromatic carbocycles. The van der Waals surface area contributed by atoms with Crippen LogP contribution in [-0.4, -0.2) is 56.2 Å². The van der Waals surface area contributed by atoms with Crippen LogP contribution in [0.5, 0.6) is 5.75 Å². The van der Waals surface area contributed by atoms with Crippen molar-refractivity contribution in [1.82, 2.24) is 4.98 Å². The third-order valence-corrected chi connectivity index (χ3v) is 6.22. The molecule has 1 aliphatic rings. The van der Waals surface area contributed by atoms with E-state index in [0.717, 1.165) is 17.0 Å². The van der Waals surface area contributed by atoms with E-state index < -0.39 is 36.2 Å². The highest BCUT2D eigenvalue weighted by molar-refractivity contribution is 6.32. The molecule has 12 heteroatoms. The molecule has 1 heterocycles. The van der Waals surface area contributed by atoms with Crippen LogP contribution in [0.1, 0.15) is 41.6 Å². The average Bonchev–Trinajstić information content (AvgIpc) is 2.97. The normalized spacial score (nSPS) is 12.7. The standard InChI is InChI=1S/C28H26ClFN2O8/c1-4-9-39-28(36)20-8-6-5-7-19(20)26(34)32(15-17-10-18(14-31-13-17)27(35)38-3)23-12-24(21(29)11-22(23)30)40-16-25(33)37-2/h1,10-14H,5-9,15-16H2,2-3H3. The Bertz CT molecular complexity index is 1380. The van der Waals surface area contributed by atoms with Gasteiger partial charge in [-0.05, 0) is 43.4 Å². The number of anilines is 1. The molecule has 1 amide bonds. The molecule has 1 aromatic heterocycles. The van der Waals surface area contributed by atoms with Gasteiger partial charge in [0.25, 0.3) is 5.91 Å². The van der Waals surface area contributed by atoms with Crippen molar-refractivity contribution in [2.45, 2.75) is 32.2 Å². The van der Waals surface area contributed by atoms with E-state index in [9.17, 15) is 19.2 Å². The lowest BCUT2D eigenvalue weighted by Gasteiger charge is -2.28. The van der Waals surface area contributed by atoms with Gasteiger partial charge in [-0.3, -0.25) is 9.78 Å². The second-order valence-corrected chi connectivity index (χ2v) is 8.92. The van der Waals surface area contributed by atoms with E-state index in [1.54, 1.807) is 0 Å². The first-order chi connectivity index (χ1) is 19.2. The number of aromatic nitrogens is 1. The van der Waals surface area contributed by atoms with Gasteiger partial charge in [0.05, 0.1) is 37.0 Å². The number of pyridine rings is 1. The van der Waals surface area contributed by atoms with Crippen molar-refractivity contribution >= 4 is 41.1 Å². The minimum Gasteiger partial charge on any atom is -0.480 e. The van der Waals surface area contributed by atoms with Gasteiger partial charge >= 0.3 is 17.9 Å². The molecule has 1 aliphatic carbocycles. The molecule has 0 saturated heterocycles. The van der Waals surface area contributed by atoms with Crippen molar-refractivity contribution in [3.05, 3.63) is 63.7 Å². The molecule has 0 fully saturated rings. The summed E-state index contributed by atoms with van der Waals surface area (Å²) >= 11 is 6.14. The van der Waals surface area contributed by atoms with Gasteiger partial charge in [0.15, 0.2) is 13.2 Å². The third-order valence-electron chi connectivity index (χ3n) is 5.93. The Morgan fingerprint density at radius 1 is 1.05 bits per heavy atom. The van der Waals surface area contributed by atoms with E-state index in [1.807, 2.05) is 0 Å². The molecule has 210 valence electrons. The zero-order valence-corrected chi connectivity index (χ0v) is 22.6. The quantitative estimate of drug-likeness (QED) is 0.238. The fraction of sp³-hybridized carbons (Fsp3) is 0.321. The van der Waals surface area contributed by atoms with Crippen LogP contribution in [0, 0.1) is 18.2 Å². The van der Waals surface area contributed by atoms with Crippen LogP contribution in [0.3, 0.4) is 0 Å². The van der Waals surface area contributed by atoms with Gasteiger partial charge in [-0.2, -0.15) is 0 Å². The van der Waals surface area contributed by atoms with Gasteiger partial charge in [0.1, 0.15) is 11.6 Å². The SMILES string of the molecule is C#CCOC(=O)C1=C(C(=O)N(Cc2cncc(C(=O)OC)c2)c2cc(OCC(=O)OC)c(Cl)cc2F)CCCC1. The average molecular weight is 573 g/mol. The van der Waals surface area contributed by atoms with Crippen molar-refractivity contribution in [3.8, 4) is 18.1 Å². The summed E-state index contributed by atoms with van der Waals surface area (Å²) in [5.74, 6) is -1.53. The Balaban J connectivity index is 2.12. The number of esters is 3. The number of methoxy groups -OCH3 is 2. The number of halogens is 2. The van der Waals surface area contributed by atoms with Crippen molar-refractivity contribution in [3.63, 3.8) is 0 Å². The first kappa shape index (κ1) is 30.1. The molecule has 0 spiro atoms. The number of carbonyl (C=O) groups is 4. The van der Waals surface area contributed by atoms with Crippen LogP contribution in [0.15, 0.2) is 41.7 Å². The predicted octanol–water partition coefficient (Wildman–Crippen LogP) is 3.79. The minimum atomic E-state index is -0.881. The summed E-state index contributed by atoms with van der Waals surface area (Å²) in [6.45, 7) is -1.05. The lowest BCUT2D eigenvalue weighted by Crippen LogP contribution is -2.34. The van der Waals surface area contributed by atoms with E-state index in [1.165, 1.54) is 32.7 Å². The minimum absolute atomic E-state index is 0.0889. The first-order valence-electron chi connectivity index (χ1n) is 12.1. The summed E-state index contributed by atoms with van der Waals surface area (Å²) in [5, 5.41) is -0.151. The molecule has 0 N–H and O–H groups in total. The smallest absolute Gasteiger partial charge is 0.343 e. The topological polar surface area (TPSA) is 121 Å². The summed E-state index contributed by atoms with van der Waals surface area (Å²) in [7, 11) is 2.38. The van der Waals surface area contributed by atoms with Crippen molar-refractivity contribution < 1.29 is 42.5 Å². The van der Waals surface area contributed by atoms with Crippen LogP contribution in [0.2, 0.25) is 5.02 Å². The number of nitrogens with zero attached hydrogens (tertiary/aromatic N) is 2. The Kier molecular flexibility index (Phi) is 10.6. The van der Waals surface area contributed by atoms with Crippen LogP contribution >= 0.6 is 11.6 Å². The summed E-state index contributed by atoms with van der Waals surface area (Å²) in [5.41, 5.74) is 0.496. The van der Waals surface area contributed by atoms with E-state index in [0.29, 0.717) is 18.4 Å². The summed E-state index contributed by atoms with van der Waals surface area (Å²) in [6.07, 6.45) is 9.63. The molecular weight excluding hydrogens is 547 g/mol. The van der Waals surface area contributed by atoms with Gasteiger partial charge in [0.2, 0.25) is 0 Å². The van der Waals surface area contributed by atoms with Crippen molar-refractivity contribution in [2.75, 3.05) is 32.3 Å². The van der Waals surface area contributed by atoms with Crippen molar-refractivity contribution in [2.24, 2.45) is 0 Å². The lowest BCUT2D eigenvalue weighted by atomic mass is 9.90. The van der Waals surface area contributed by atoms with E-state index in [2.05, 4.69) is 15.6 Å². The Hall–Kier alpha value is -4.43. The number of amides is 1. The highest BCUT2D eigenvalue weighted by Crippen LogP contribution is 2.36. The lowest BCUT2D eigenvalue weighted by molar-refractivity contribution is -0.143. The molecule has 0 unspecified atom stereocenters. The molecule has 2 aromatic rings. The Labute approximate surface area is 235 Å². The second kappa shape index (κ2) is 14.1. The Morgan fingerprint density at radius 3 is 2.45 bits per heavy atom. The molecule has 0 aliphatic heterocycles. The zero-order valence-electron chi connectivity index (χ0n) is 21.8. The van der Waals surface area contributed by atoms with Gasteiger partial charge in [-0.25, -0.2) is 18.8 Å². The fourth-order valence-corrected chi connectivity index (χ4v) is 4.21. The van der Waals surface area contributed by atoms with E-state index in [-0.39, 0.29) is 59.2 Å². The molecule has 0 radical (unpaired) electrons. The van der Waals surface area contributed by atoms with Gasteiger partial charge in [-0.1, -0.05) is 17.5 Å². The van der Waals surface area contributed by atoms with E-state index >= 15 is 4.39 Å². The number of rotatable bonds is 10. The molecule has 40 heavy (non-hydrogen) atoms. The molecule has 10 nitrogen and oxygen atoms in total. The first-order valence-corrected chi connectivity index (χ1v) is 12.4. The molecular formula is C28H26ClFN2O8. The molecule has 3 rings (SSSR count). The maximum absolute atomic E-state index is 15.4. The zero-order chi connectivity index (χ0) is 29.2. The molecule has 0 atom stereocenters. The van der Waals surface area contributed by atoms with Gasteiger partial charge < -0.3 is 23.8 Å². The number of carbonyl (C=O) groups excluding carboxylic acids is 4. The summed E-state index contributed by atoms with van der Waals surface area (Å²) < 4.78 is 35.2. The number of hydrogen-bond acceptors (Lipinski definition) is 9. The Morgan fingerprint density at radius 2 is 1.77 bits per heavy atom. The highest BCUT2D eigenvalue weighted by atomic mass is 35.5. The third kappa shape index (κ3) is 7.36. The summed E-state index contributed by atoms with van der Waals surface area (Å²) in [6, 6.07) is 3.54. The number of terminal acetylenes is 1. The van der Waals surface area contributed by atoms with Crippen LogP contribution in [-0.2, 0) is 35.1 Å². The molecule has 0 bridgehead atoms. The van der Waals surface area contributed by atoms with Gasteiger partial charge in [0, 0.05) is 29.6 Å². The van der Waals surface area contributed by atoms with Gasteiger partial charge in [-0.15, -0.1) is 6.42 Å². The fourth-order valence-electron chi connectivity index (χ4n) is 4.01. The largest absolute Gasteiger partial charge is 0.480 e. The summed E-state index contributed by atoms with van der Waals surface area (Å²) in [4.78, 5) is 55.5. The maximum Gasteiger partial charge on any atom is 0.343 e. The van der Waals surface area contributed by atoms with Crippen molar-refractivity contribution in [1.29, 1.82) is 0 Å². The predicted molar refractivity (Wildman–Crippen MR) is 141 cm³/mol. The highest BCUT2D eigenvalue weighted by Gasteiger charge is 2.31. The molecule has 0 saturated carbocycles. The number of benzene rings is 1. The maximum atomic E-state index is 15.4. The monoisotopic (exact) mass is 572 g/mol. The second-order valence-electron chi connectivity index (χ2n) is 8.51. The number of hydrogen-bond donors (Lipinski definition) is 0.